The van der Waals surface area contributed by atoms with Crippen LogP contribution in [0.15, 0.2) is 22.9 Å². The van der Waals surface area contributed by atoms with Crippen molar-refractivity contribution in [1.29, 1.82) is 0 Å². The average Bonchev–Trinajstić information content (AvgIpc) is 2.43. The van der Waals surface area contributed by atoms with Crippen LogP contribution in [-0.4, -0.2) is 16.2 Å². The van der Waals surface area contributed by atoms with E-state index in [2.05, 4.69) is 27.0 Å². The number of pyridine rings is 1. The van der Waals surface area contributed by atoms with Crippen molar-refractivity contribution in [3.05, 3.63) is 28.5 Å². The van der Waals surface area contributed by atoms with E-state index in [1.54, 1.807) is 0 Å². The summed E-state index contributed by atoms with van der Waals surface area (Å²) < 4.78 is 1.04. The van der Waals surface area contributed by atoms with E-state index in [1.807, 2.05) is 12.4 Å². The minimum Gasteiger partial charge on any atom is -0.393 e. The number of aliphatic hydroxyl groups is 1. The van der Waals surface area contributed by atoms with Crippen LogP contribution in [0.25, 0.3) is 0 Å². The number of hydrogen-bond donors (Lipinski definition) is 1. The number of rotatable bonds is 2. The standard InChI is InChI=1S/C13H18BrNO/c14-12-6-11(8-15-9-12)5-10-3-1-2-4-13(16)7-10/h6,8-10,13,16H,1-5,7H2. The molecule has 2 unspecified atom stereocenters. The minimum absolute atomic E-state index is 0.0902. The number of aromatic nitrogens is 1. The molecule has 16 heavy (non-hydrogen) atoms. The van der Waals surface area contributed by atoms with Crippen molar-refractivity contribution in [2.24, 2.45) is 5.92 Å². The summed E-state index contributed by atoms with van der Waals surface area (Å²) in [5, 5.41) is 9.77. The first-order valence-electron chi connectivity index (χ1n) is 6.01. The van der Waals surface area contributed by atoms with Gasteiger partial charge in [0, 0.05) is 16.9 Å². The van der Waals surface area contributed by atoms with Gasteiger partial charge in [0.1, 0.15) is 0 Å². The predicted molar refractivity (Wildman–Crippen MR) is 68.2 cm³/mol. The maximum atomic E-state index is 9.77. The molecular weight excluding hydrogens is 266 g/mol. The summed E-state index contributed by atoms with van der Waals surface area (Å²) in [5.74, 6) is 0.619. The quantitative estimate of drug-likeness (QED) is 0.845. The van der Waals surface area contributed by atoms with Crippen molar-refractivity contribution in [1.82, 2.24) is 4.98 Å². The SMILES string of the molecule is OC1CCCCC(Cc2cncc(Br)c2)C1. The van der Waals surface area contributed by atoms with E-state index >= 15 is 0 Å². The lowest BCUT2D eigenvalue weighted by atomic mass is 9.92. The molecular formula is C13H18BrNO. The first kappa shape index (κ1) is 12.1. The van der Waals surface area contributed by atoms with Crippen molar-refractivity contribution in [3.63, 3.8) is 0 Å². The molecule has 1 N–H and O–H groups in total. The van der Waals surface area contributed by atoms with Crippen LogP contribution in [0.2, 0.25) is 0 Å². The number of halogens is 1. The zero-order chi connectivity index (χ0) is 11.4. The maximum Gasteiger partial charge on any atom is 0.0543 e. The molecule has 3 heteroatoms. The third kappa shape index (κ3) is 3.56. The van der Waals surface area contributed by atoms with E-state index in [0.29, 0.717) is 5.92 Å². The molecule has 1 aromatic rings. The summed E-state index contributed by atoms with van der Waals surface area (Å²) >= 11 is 3.44. The van der Waals surface area contributed by atoms with Gasteiger partial charge in [0.25, 0.3) is 0 Å². The predicted octanol–water partition coefficient (Wildman–Crippen LogP) is 3.33. The van der Waals surface area contributed by atoms with Crippen LogP contribution in [0.5, 0.6) is 0 Å². The lowest BCUT2D eigenvalue weighted by Gasteiger charge is -2.16. The van der Waals surface area contributed by atoms with Gasteiger partial charge in [-0.3, -0.25) is 4.98 Å². The Morgan fingerprint density at radius 1 is 1.31 bits per heavy atom. The van der Waals surface area contributed by atoms with Crippen molar-refractivity contribution in [2.75, 3.05) is 0 Å². The molecule has 0 saturated heterocycles. The second kappa shape index (κ2) is 5.78. The average molecular weight is 284 g/mol. The molecule has 1 aromatic heterocycles. The van der Waals surface area contributed by atoms with Crippen molar-refractivity contribution in [3.8, 4) is 0 Å². The lowest BCUT2D eigenvalue weighted by molar-refractivity contribution is 0.141. The highest BCUT2D eigenvalue weighted by molar-refractivity contribution is 9.10. The molecule has 0 bridgehead atoms. The van der Waals surface area contributed by atoms with Gasteiger partial charge in [-0.05, 0) is 52.7 Å². The third-order valence-electron chi connectivity index (χ3n) is 3.29. The molecule has 2 atom stereocenters. The first-order chi connectivity index (χ1) is 7.74. The summed E-state index contributed by atoms with van der Waals surface area (Å²) in [5.41, 5.74) is 1.27. The molecule has 0 radical (unpaired) electrons. The first-order valence-corrected chi connectivity index (χ1v) is 6.81. The van der Waals surface area contributed by atoms with Crippen LogP contribution in [0, 0.1) is 5.92 Å². The van der Waals surface area contributed by atoms with Gasteiger partial charge < -0.3 is 5.11 Å². The van der Waals surface area contributed by atoms with Crippen LogP contribution in [-0.2, 0) is 6.42 Å². The largest absolute Gasteiger partial charge is 0.393 e. The minimum atomic E-state index is -0.0902. The van der Waals surface area contributed by atoms with Crippen LogP contribution in [0.1, 0.15) is 37.7 Å². The van der Waals surface area contributed by atoms with Crippen molar-refractivity contribution >= 4 is 15.9 Å². The Morgan fingerprint density at radius 2 is 2.12 bits per heavy atom. The molecule has 0 amide bonds. The van der Waals surface area contributed by atoms with Gasteiger partial charge in [-0.2, -0.15) is 0 Å². The summed E-state index contributed by atoms with van der Waals surface area (Å²) in [6, 6.07) is 2.13. The third-order valence-corrected chi connectivity index (χ3v) is 3.72. The second-order valence-electron chi connectivity index (χ2n) is 4.76. The fourth-order valence-electron chi connectivity index (χ4n) is 2.52. The Bertz CT molecular complexity index is 342. The lowest BCUT2D eigenvalue weighted by Crippen LogP contribution is -2.12. The van der Waals surface area contributed by atoms with Gasteiger partial charge in [-0.25, -0.2) is 0 Å². The molecule has 1 aliphatic rings. The Kier molecular flexibility index (Phi) is 4.36. The highest BCUT2D eigenvalue weighted by Gasteiger charge is 2.18. The van der Waals surface area contributed by atoms with E-state index in [1.165, 1.54) is 24.8 Å². The van der Waals surface area contributed by atoms with Crippen LogP contribution < -0.4 is 0 Å². The highest BCUT2D eigenvalue weighted by atomic mass is 79.9. The van der Waals surface area contributed by atoms with Gasteiger partial charge >= 0.3 is 0 Å². The van der Waals surface area contributed by atoms with E-state index < -0.39 is 0 Å². The zero-order valence-electron chi connectivity index (χ0n) is 9.40. The summed E-state index contributed by atoms with van der Waals surface area (Å²) in [7, 11) is 0. The van der Waals surface area contributed by atoms with Crippen LogP contribution in [0.4, 0.5) is 0 Å². The summed E-state index contributed by atoms with van der Waals surface area (Å²) in [6.07, 6.45) is 10.3. The van der Waals surface area contributed by atoms with Crippen molar-refractivity contribution in [2.45, 2.75) is 44.6 Å². The van der Waals surface area contributed by atoms with E-state index in [-0.39, 0.29) is 6.10 Å². The molecule has 0 aromatic carbocycles. The normalized spacial score (nSPS) is 26.4. The van der Waals surface area contributed by atoms with Gasteiger partial charge in [0.05, 0.1) is 6.10 Å². The Balaban J connectivity index is 1.97. The number of nitrogens with zero attached hydrogens (tertiary/aromatic N) is 1. The fourth-order valence-corrected chi connectivity index (χ4v) is 2.93. The van der Waals surface area contributed by atoms with Gasteiger partial charge in [0.2, 0.25) is 0 Å². The Labute approximate surface area is 105 Å². The van der Waals surface area contributed by atoms with Gasteiger partial charge in [-0.15, -0.1) is 0 Å². The smallest absolute Gasteiger partial charge is 0.0543 e. The Hall–Kier alpha value is -0.410. The number of hydrogen-bond acceptors (Lipinski definition) is 2. The van der Waals surface area contributed by atoms with Crippen LogP contribution >= 0.6 is 15.9 Å². The molecule has 2 nitrogen and oxygen atoms in total. The molecule has 1 fully saturated rings. The molecule has 0 aliphatic heterocycles. The monoisotopic (exact) mass is 283 g/mol. The van der Waals surface area contributed by atoms with Gasteiger partial charge in [-0.1, -0.05) is 19.3 Å². The topological polar surface area (TPSA) is 33.1 Å². The molecule has 88 valence electrons. The molecule has 1 aliphatic carbocycles. The fraction of sp³-hybridized carbons (Fsp3) is 0.615. The van der Waals surface area contributed by atoms with E-state index in [0.717, 1.165) is 23.7 Å². The van der Waals surface area contributed by atoms with Crippen molar-refractivity contribution < 1.29 is 5.11 Å². The number of aliphatic hydroxyl groups excluding tert-OH is 1. The summed E-state index contributed by atoms with van der Waals surface area (Å²) in [6.45, 7) is 0. The molecule has 1 heterocycles. The highest BCUT2D eigenvalue weighted by Crippen LogP contribution is 2.26. The van der Waals surface area contributed by atoms with E-state index in [9.17, 15) is 5.11 Å². The molecule has 0 spiro atoms. The van der Waals surface area contributed by atoms with E-state index in [4.69, 9.17) is 0 Å². The molecule has 1 saturated carbocycles. The summed E-state index contributed by atoms with van der Waals surface area (Å²) in [4.78, 5) is 4.18. The Morgan fingerprint density at radius 3 is 2.94 bits per heavy atom. The second-order valence-corrected chi connectivity index (χ2v) is 5.67. The maximum absolute atomic E-state index is 9.77. The van der Waals surface area contributed by atoms with Crippen LogP contribution in [0.3, 0.4) is 0 Å². The molecule has 2 rings (SSSR count). The van der Waals surface area contributed by atoms with Gasteiger partial charge in [0.15, 0.2) is 0 Å². The zero-order valence-corrected chi connectivity index (χ0v) is 11.0.